The summed E-state index contributed by atoms with van der Waals surface area (Å²) in [4.78, 5) is 35.9. The second-order valence-corrected chi connectivity index (χ2v) is 7.06. The van der Waals surface area contributed by atoms with Crippen LogP contribution in [0.4, 0.5) is 11.4 Å². The summed E-state index contributed by atoms with van der Waals surface area (Å²) in [5.74, 6) is -1.47. The van der Waals surface area contributed by atoms with Crippen molar-refractivity contribution in [3.8, 4) is 11.1 Å². The largest absolute Gasteiger partial charge is 0.452 e. The summed E-state index contributed by atoms with van der Waals surface area (Å²) in [6.45, 7) is -0.567. The average Bonchev–Trinajstić information content (AvgIpc) is 2.78. The lowest BCUT2D eigenvalue weighted by atomic mass is 10.0. The number of carbonyl (C=O) groups excluding carboxylic acids is 2. The summed E-state index contributed by atoms with van der Waals surface area (Å²) >= 11 is 1.34. The van der Waals surface area contributed by atoms with E-state index in [9.17, 15) is 19.7 Å². The van der Waals surface area contributed by atoms with Crippen LogP contribution in [0, 0.1) is 10.1 Å². The Morgan fingerprint density at radius 1 is 1.03 bits per heavy atom. The Morgan fingerprint density at radius 3 is 2.43 bits per heavy atom. The Kier molecular flexibility index (Phi) is 6.82. The minimum absolute atomic E-state index is 0.190. The number of amides is 1. The van der Waals surface area contributed by atoms with Gasteiger partial charge in [-0.1, -0.05) is 48.5 Å². The highest BCUT2D eigenvalue weighted by atomic mass is 32.2. The molecule has 8 heteroatoms. The maximum atomic E-state index is 12.4. The van der Waals surface area contributed by atoms with Crippen LogP contribution in [0.25, 0.3) is 11.1 Å². The lowest BCUT2D eigenvalue weighted by molar-refractivity contribution is -0.385. The molecule has 1 amide bonds. The predicted molar refractivity (Wildman–Crippen MR) is 116 cm³/mol. The van der Waals surface area contributed by atoms with Crippen LogP contribution in [0.2, 0.25) is 0 Å². The number of hydrogen-bond donors (Lipinski definition) is 1. The van der Waals surface area contributed by atoms with Gasteiger partial charge in [-0.05, 0) is 30.0 Å². The fourth-order valence-corrected chi connectivity index (χ4v) is 3.26. The molecular weight excluding hydrogens is 404 g/mol. The molecule has 0 radical (unpaired) electrons. The molecule has 0 aliphatic heterocycles. The van der Waals surface area contributed by atoms with Gasteiger partial charge in [0.2, 0.25) is 0 Å². The Balaban J connectivity index is 1.71. The first-order valence-corrected chi connectivity index (χ1v) is 10.2. The van der Waals surface area contributed by atoms with Gasteiger partial charge in [0.15, 0.2) is 6.61 Å². The predicted octanol–water partition coefficient (Wildman–Crippen LogP) is 4.78. The molecule has 3 aromatic rings. The number of benzene rings is 3. The zero-order valence-corrected chi connectivity index (χ0v) is 16.8. The number of esters is 1. The van der Waals surface area contributed by atoms with Crippen molar-refractivity contribution in [1.82, 2.24) is 0 Å². The second kappa shape index (κ2) is 9.71. The van der Waals surface area contributed by atoms with Crippen LogP contribution in [0.5, 0.6) is 0 Å². The van der Waals surface area contributed by atoms with E-state index in [1.165, 1.54) is 23.9 Å². The zero-order valence-electron chi connectivity index (χ0n) is 16.0. The number of nitro benzene ring substituents is 1. The van der Waals surface area contributed by atoms with Gasteiger partial charge in [-0.25, -0.2) is 4.79 Å². The highest BCUT2D eigenvalue weighted by Crippen LogP contribution is 2.28. The highest BCUT2D eigenvalue weighted by Gasteiger charge is 2.23. The maximum Gasteiger partial charge on any atom is 0.345 e. The third kappa shape index (κ3) is 5.03. The molecule has 0 saturated heterocycles. The van der Waals surface area contributed by atoms with E-state index in [1.807, 2.05) is 42.5 Å². The summed E-state index contributed by atoms with van der Waals surface area (Å²) in [5, 5.41) is 13.9. The third-order valence-electron chi connectivity index (χ3n) is 4.24. The SMILES string of the molecule is CSc1ccc([N+](=O)[O-])c(C(=O)OCC(=O)Nc2ccccc2-c2ccccc2)c1. The van der Waals surface area contributed by atoms with E-state index in [-0.39, 0.29) is 11.3 Å². The number of para-hydroxylation sites is 1. The van der Waals surface area contributed by atoms with E-state index >= 15 is 0 Å². The summed E-state index contributed by atoms with van der Waals surface area (Å²) < 4.78 is 5.03. The van der Waals surface area contributed by atoms with Crippen LogP contribution < -0.4 is 5.32 Å². The van der Waals surface area contributed by atoms with E-state index in [2.05, 4.69) is 5.32 Å². The van der Waals surface area contributed by atoms with Gasteiger partial charge in [0.05, 0.1) is 4.92 Å². The fourth-order valence-electron chi connectivity index (χ4n) is 2.82. The summed E-state index contributed by atoms with van der Waals surface area (Å²) in [6.07, 6.45) is 1.79. The van der Waals surface area contributed by atoms with Crippen LogP contribution in [0.15, 0.2) is 77.7 Å². The third-order valence-corrected chi connectivity index (χ3v) is 4.97. The van der Waals surface area contributed by atoms with Gasteiger partial charge >= 0.3 is 5.97 Å². The van der Waals surface area contributed by atoms with E-state index < -0.39 is 23.4 Å². The first-order valence-electron chi connectivity index (χ1n) is 8.93. The Labute approximate surface area is 177 Å². The average molecular weight is 422 g/mol. The molecule has 0 saturated carbocycles. The van der Waals surface area contributed by atoms with E-state index in [0.29, 0.717) is 10.6 Å². The minimum atomic E-state index is -0.927. The Bertz CT molecular complexity index is 1090. The molecule has 0 bridgehead atoms. The van der Waals surface area contributed by atoms with Crippen LogP contribution in [-0.2, 0) is 9.53 Å². The number of nitrogens with zero attached hydrogens (tertiary/aromatic N) is 1. The van der Waals surface area contributed by atoms with Gasteiger partial charge in [-0.15, -0.1) is 11.8 Å². The van der Waals surface area contributed by atoms with Crippen LogP contribution in [-0.4, -0.2) is 29.7 Å². The van der Waals surface area contributed by atoms with Gasteiger partial charge < -0.3 is 10.1 Å². The normalized spacial score (nSPS) is 10.3. The number of anilines is 1. The number of carbonyl (C=O) groups is 2. The number of thioether (sulfide) groups is 1. The van der Waals surface area contributed by atoms with Crippen LogP contribution in [0.3, 0.4) is 0 Å². The lowest BCUT2D eigenvalue weighted by Crippen LogP contribution is -2.21. The van der Waals surface area contributed by atoms with Crippen LogP contribution >= 0.6 is 11.8 Å². The molecule has 0 heterocycles. The first kappa shape index (κ1) is 21.1. The molecule has 152 valence electrons. The number of hydrogen-bond acceptors (Lipinski definition) is 6. The van der Waals surface area contributed by atoms with Gasteiger partial charge in [0.25, 0.3) is 11.6 Å². The Morgan fingerprint density at radius 2 is 1.73 bits per heavy atom. The van der Waals surface area contributed by atoms with Crippen molar-refractivity contribution in [2.45, 2.75) is 4.90 Å². The number of nitrogens with one attached hydrogen (secondary N) is 1. The molecule has 0 atom stereocenters. The van der Waals surface area contributed by atoms with Gasteiger partial charge in [-0.2, -0.15) is 0 Å². The summed E-state index contributed by atoms with van der Waals surface area (Å²) in [7, 11) is 0. The van der Waals surface area contributed by atoms with Crippen molar-refractivity contribution < 1.29 is 19.2 Å². The number of ether oxygens (including phenoxy) is 1. The molecule has 7 nitrogen and oxygen atoms in total. The molecule has 0 unspecified atom stereocenters. The van der Waals surface area contributed by atoms with Crippen molar-refractivity contribution in [2.75, 3.05) is 18.2 Å². The van der Waals surface area contributed by atoms with Gasteiger partial charge in [0, 0.05) is 22.2 Å². The molecule has 0 aliphatic carbocycles. The van der Waals surface area contributed by atoms with E-state index in [1.54, 1.807) is 24.5 Å². The van der Waals surface area contributed by atoms with E-state index in [0.717, 1.165) is 11.1 Å². The van der Waals surface area contributed by atoms with Gasteiger partial charge in [0.1, 0.15) is 5.56 Å². The molecule has 3 aromatic carbocycles. The Hall–Kier alpha value is -3.65. The molecule has 1 N–H and O–H groups in total. The quantitative estimate of drug-likeness (QED) is 0.255. The standard InChI is InChI=1S/C22H18N2O5S/c1-30-16-11-12-20(24(27)28)18(13-16)22(26)29-14-21(25)23-19-10-6-5-9-17(19)15-7-3-2-4-8-15/h2-13H,14H2,1H3,(H,23,25). The van der Waals surface area contributed by atoms with Crippen molar-refractivity contribution in [3.05, 3.63) is 88.5 Å². The zero-order chi connectivity index (χ0) is 21.5. The molecule has 0 aliphatic rings. The van der Waals surface area contributed by atoms with Crippen molar-refractivity contribution >= 4 is 35.0 Å². The molecule has 0 aromatic heterocycles. The van der Waals surface area contributed by atoms with Crippen LogP contribution in [0.1, 0.15) is 10.4 Å². The highest BCUT2D eigenvalue weighted by molar-refractivity contribution is 7.98. The molecule has 0 fully saturated rings. The van der Waals surface area contributed by atoms with Gasteiger partial charge in [-0.3, -0.25) is 14.9 Å². The topological polar surface area (TPSA) is 98.5 Å². The van der Waals surface area contributed by atoms with E-state index in [4.69, 9.17) is 4.74 Å². The van der Waals surface area contributed by atoms with Crippen molar-refractivity contribution in [2.24, 2.45) is 0 Å². The minimum Gasteiger partial charge on any atom is -0.452 e. The second-order valence-electron chi connectivity index (χ2n) is 6.18. The lowest BCUT2D eigenvalue weighted by Gasteiger charge is -2.12. The first-order chi connectivity index (χ1) is 14.5. The molecule has 3 rings (SSSR count). The smallest absolute Gasteiger partial charge is 0.345 e. The molecule has 0 spiro atoms. The summed E-state index contributed by atoms with van der Waals surface area (Å²) in [6, 6.07) is 21.0. The number of nitro groups is 1. The van der Waals surface area contributed by atoms with Crippen molar-refractivity contribution in [1.29, 1.82) is 0 Å². The number of rotatable bonds is 7. The molecular formula is C22H18N2O5S. The van der Waals surface area contributed by atoms with Crippen molar-refractivity contribution in [3.63, 3.8) is 0 Å². The molecule has 30 heavy (non-hydrogen) atoms. The fraction of sp³-hybridized carbons (Fsp3) is 0.0909. The summed E-state index contributed by atoms with van der Waals surface area (Å²) in [5.41, 5.74) is 1.76. The maximum absolute atomic E-state index is 12.4. The monoisotopic (exact) mass is 422 g/mol.